The van der Waals surface area contributed by atoms with E-state index >= 15 is 0 Å². The van der Waals surface area contributed by atoms with Crippen molar-refractivity contribution in [1.29, 1.82) is 0 Å². The molecule has 1 saturated heterocycles. The van der Waals surface area contributed by atoms with Crippen LogP contribution in [-0.2, 0) is 0 Å². The van der Waals surface area contributed by atoms with Gasteiger partial charge in [-0.15, -0.1) is 0 Å². The van der Waals surface area contributed by atoms with E-state index in [1.54, 1.807) is 6.26 Å². The first kappa shape index (κ1) is 13.5. The van der Waals surface area contributed by atoms with Gasteiger partial charge in [-0.05, 0) is 36.4 Å². The van der Waals surface area contributed by atoms with E-state index in [0.717, 1.165) is 31.9 Å². The van der Waals surface area contributed by atoms with Crippen LogP contribution >= 0.6 is 0 Å². The Hall–Kier alpha value is -2.49. The Morgan fingerprint density at radius 1 is 0.952 bits per heavy atom. The first-order valence-electron chi connectivity index (χ1n) is 7.21. The molecule has 4 nitrogen and oxygen atoms in total. The molecular weight excluding hydrogens is 262 g/mol. The predicted molar refractivity (Wildman–Crippen MR) is 86.5 cm³/mol. The summed E-state index contributed by atoms with van der Waals surface area (Å²) in [6.07, 6.45) is 7.30. The monoisotopic (exact) mass is 281 g/mol. The lowest BCUT2D eigenvalue weighted by Crippen LogP contribution is -2.44. The van der Waals surface area contributed by atoms with Gasteiger partial charge in [-0.2, -0.15) is 5.10 Å². The van der Waals surface area contributed by atoms with Gasteiger partial charge in [-0.25, -0.2) is 0 Å². The second-order valence-corrected chi connectivity index (χ2v) is 4.92. The number of anilines is 1. The lowest BCUT2D eigenvalue weighted by atomic mass is 10.2. The number of hydrogen-bond acceptors (Lipinski definition) is 4. The van der Waals surface area contributed by atoms with Gasteiger partial charge in [0, 0.05) is 25.0 Å². The molecule has 0 aliphatic carbocycles. The van der Waals surface area contributed by atoms with Crippen LogP contribution in [0.15, 0.2) is 64.3 Å². The van der Waals surface area contributed by atoms with Crippen molar-refractivity contribution in [1.82, 2.24) is 5.01 Å². The molecule has 1 aromatic carbocycles. The molecule has 1 aromatic heterocycles. The van der Waals surface area contributed by atoms with E-state index < -0.39 is 0 Å². The van der Waals surface area contributed by atoms with Crippen LogP contribution in [0, 0.1) is 0 Å². The standard InChI is InChI=1S/C17H19N3O/c1-2-6-16(7-3-1)19-11-13-20(14-12-19)18-10-4-8-17-9-5-15-21-17/h1-10,15H,11-14H2/b8-4+,18-10?. The molecule has 4 heteroatoms. The number of nitrogens with zero attached hydrogens (tertiary/aromatic N) is 3. The van der Waals surface area contributed by atoms with Crippen LogP contribution in [0.1, 0.15) is 5.76 Å². The number of allylic oxidation sites excluding steroid dienone is 1. The number of furan rings is 1. The van der Waals surface area contributed by atoms with Crippen molar-refractivity contribution in [3.05, 3.63) is 60.6 Å². The smallest absolute Gasteiger partial charge is 0.126 e. The number of piperazine rings is 1. The Labute approximate surface area is 125 Å². The summed E-state index contributed by atoms with van der Waals surface area (Å²) in [6, 6.07) is 14.3. The fourth-order valence-corrected chi connectivity index (χ4v) is 2.37. The highest BCUT2D eigenvalue weighted by Gasteiger charge is 2.14. The molecule has 0 saturated carbocycles. The molecule has 0 amide bonds. The largest absolute Gasteiger partial charge is 0.465 e. The van der Waals surface area contributed by atoms with E-state index in [-0.39, 0.29) is 0 Å². The number of hydrogen-bond donors (Lipinski definition) is 0. The summed E-state index contributed by atoms with van der Waals surface area (Å²) in [7, 11) is 0. The molecule has 0 N–H and O–H groups in total. The van der Waals surface area contributed by atoms with E-state index in [4.69, 9.17) is 4.42 Å². The summed E-state index contributed by atoms with van der Waals surface area (Å²) in [5, 5.41) is 6.57. The van der Waals surface area contributed by atoms with Crippen molar-refractivity contribution in [3.63, 3.8) is 0 Å². The summed E-state index contributed by atoms with van der Waals surface area (Å²) >= 11 is 0. The van der Waals surface area contributed by atoms with Crippen molar-refractivity contribution in [3.8, 4) is 0 Å². The molecule has 0 spiro atoms. The lowest BCUT2D eigenvalue weighted by Gasteiger charge is -2.34. The third-order valence-corrected chi connectivity index (χ3v) is 3.50. The highest BCUT2D eigenvalue weighted by Crippen LogP contribution is 2.15. The molecule has 0 atom stereocenters. The molecule has 1 aliphatic heterocycles. The molecule has 2 aromatic rings. The zero-order valence-electron chi connectivity index (χ0n) is 11.9. The summed E-state index contributed by atoms with van der Waals surface area (Å²) in [5.74, 6) is 0.843. The maximum Gasteiger partial charge on any atom is 0.126 e. The van der Waals surface area contributed by atoms with E-state index in [0.29, 0.717) is 0 Å². The van der Waals surface area contributed by atoms with Crippen LogP contribution in [0.3, 0.4) is 0 Å². The molecule has 2 heterocycles. The van der Waals surface area contributed by atoms with Gasteiger partial charge in [0.15, 0.2) is 0 Å². The Morgan fingerprint density at radius 3 is 2.48 bits per heavy atom. The number of para-hydroxylation sites is 1. The zero-order chi connectivity index (χ0) is 14.3. The summed E-state index contributed by atoms with van der Waals surface area (Å²) in [5.41, 5.74) is 1.29. The average Bonchev–Trinajstić information content (AvgIpc) is 3.06. The van der Waals surface area contributed by atoms with Crippen LogP contribution in [-0.4, -0.2) is 37.4 Å². The zero-order valence-corrected chi connectivity index (χ0v) is 11.9. The molecule has 0 radical (unpaired) electrons. The average molecular weight is 281 g/mol. The van der Waals surface area contributed by atoms with Gasteiger partial charge in [0.1, 0.15) is 5.76 Å². The molecule has 1 fully saturated rings. The Kier molecular flexibility index (Phi) is 4.36. The van der Waals surface area contributed by atoms with Gasteiger partial charge in [0.05, 0.1) is 19.4 Å². The van der Waals surface area contributed by atoms with E-state index in [2.05, 4.69) is 45.3 Å². The Bertz CT molecular complexity index is 582. The third-order valence-electron chi connectivity index (χ3n) is 3.50. The van der Waals surface area contributed by atoms with Gasteiger partial charge < -0.3 is 9.32 Å². The topological polar surface area (TPSA) is 32.0 Å². The van der Waals surface area contributed by atoms with Gasteiger partial charge in [-0.3, -0.25) is 5.01 Å². The second kappa shape index (κ2) is 6.79. The first-order valence-corrected chi connectivity index (χ1v) is 7.21. The van der Waals surface area contributed by atoms with Crippen molar-refractivity contribution in [2.45, 2.75) is 0 Å². The van der Waals surface area contributed by atoms with Crippen LogP contribution in [0.4, 0.5) is 5.69 Å². The molecular formula is C17H19N3O. The second-order valence-electron chi connectivity index (χ2n) is 4.92. The molecule has 0 unspecified atom stereocenters. The van der Waals surface area contributed by atoms with Crippen LogP contribution < -0.4 is 4.90 Å². The van der Waals surface area contributed by atoms with Crippen LogP contribution in [0.2, 0.25) is 0 Å². The highest BCUT2D eigenvalue weighted by atomic mass is 16.3. The first-order chi connectivity index (χ1) is 10.4. The number of rotatable bonds is 4. The minimum absolute atomic E-state index is 0.843. The van der Waals surface area contributed by atoms with Crippen molar-refractivity contribution < 1.29 is 4.42 Å². The Balaban J connectivity index is 1.47. The van der Waals surface area contributed by atoms with Crippen LogP contribution in [0.5, 0.6) is 0 Å². The minimum Gasteiger partial charge on any atom is -0.465 e. The molecule has 0 bridgehead atoms. The summed E-state index contributed by atoms with van der Waals surface area (Å²) < 4.78 is 5.22. The van der Waals surface area contributed by atoms with Gasteiger partial charge >= 0.3 is 0 Å². The number of hydrazone groups is 1. The maximum atomic E-state index is 5.22. The van der Waals surface area contributed by atoms with E-state index in [9.17, 15) is 0 Å². The van der Waals surface area contributed by atoms with Crippen molar-refractivity contribution in [2.75, 3.05) is 31.1 Å². The predicted octanol–water partition coefficient (Wildman–Crippen LogP) is 3.10. The van der Waals surface area contributed by atoms with E-state index in [1.807, 2.05) is 30.5 Å². The SMILES string of the molecule is C(/C=C/c1ccco1)=NN1CCN(c2ccccc2)CC1. The fraction of sp³-hybridized carbons (Fsp3) is 0.235. The molecule has 1 aliphatic rings. The molecule has 3 rings (SSSR count). The van der Waals surface area contributed by atoms with Gasteiger partial charge in [-0.1, -0.05) is 18.2 Å². The lowest BCUT2D eigenvalue weighted by molar-refractivity contribution is 0.272. The highest BCUT2D eigenvalue weighted by molar-refractivity contribution is 5.77. The van der Waals surface area contributed by atoms with Crippen molar-refractivity contribution in [2.24, 2.45) is 5.10 Å². The fourth-order valence-electron chi connectivity index (χ4n) is 2.37. The molecule has 21 heavy (non-hydrogen) atoms. The summed E-state index contributed by atoms with van der Waals surface area (Å²) in [4.78, 5) is 2.39. The molecule has 108 valence electrons. The van der Waals surface area contributed by atoms with Gasteiger partial charge in [0.2, 0.25) is 0 Å². The van der Waals surface area contributed by atoms with Crippen molar-refractivity contribution >= 4 is 18.0 Å². The Morgan fingerprint density at radius 2 is 1.76 bits per heavy atom. The number of benzene rings is 1. The van der Waals surface area contributed by atoms with Crippen LogP contribution in [0.25, 0.3) is 6.08 Å². The summed E-state index contributed by atoms with van der Waals surface area (Å²) in [6.45, 7) is 3.90. The minimum atomic E-state index is 0.843. The normalized spacial score (nSPS) is 16.2. The van der Waals surface area contributed by atoms with Gasteiger partial charge in [0.25, 0.3) is 0 Å². The van der Waals surface area contributed by atoms with E-state index in [1.165, 1.54) is 5.69 Å². The third kappa shape index (κ3) is 3.75. The quantitative estimate of drug-likeness (QED) is 0.807. The maximum absolute atomic E-state index is 5.22.